The minimum Gasteiger partial charge on any atom is -0.351 e. The van der Waals surface area contributed by atoms with Crippen molar-refractivity contribution in [2.45, 2.75) is 31.1 Å². The fourth-order valence-electron chi connectivity index (χ4n) is 2.55. The molecule has 3 rings (SSSR count). The largest absolute Gasteiger partial charge is 0.351 e. The van der Waals surface area contributed by atoms with E-state index in [0.717, 1.165) is 35.4 Å². The Hall–Kier alpha value is -1.75. The number of carbonyl (C=O) groups excluding carboxylic acids is 1. The van der Waals surface area contributed by atoms with Crippen molar-refractivity contribution >= 4 is 17.7 Å². The molecule has 4 nitrogen and oxygen atoms in total. The van der Waals surface area contributed by atoms with Gasteiger partial charge in [0.2, 0.25) is 5.91 Å². The second-order valence-corrected chi connectivity index (χ2v) is 7.13. The zero-order chi connectivity index (χ0) is 14.7. The summed E-state index contributed by atoms with van der Waals surface area (Å²) in [5.41, 5.74) is 3.21. The summed E-state index contributed by atoms with van der Waals surface area (Å²) in [6, 6.07) is 10.1. The molecule has 2 aromatic rings. The Labute approximate surface area is 128 Å². The maximum absolute atomic E-state index is 12.2. The van der Waals surface area contributed by atoms with Crippen LogP contribution in [0.5, 0.6) is 0 Å². The van der Waals surface area contributed by atoms with Crippen LogP contribution in [-0.2, 0) is 11.3 Å². The Morgan fingerprint density at radius 3 is 2.81 bits per heavy atom. The molecule has 0 radical (unpaired) electrons. The van der Waals surface area contributed by atoms with Crippen molar-refractivity contribution in [1.29, 1.82) is 0 Å². The third-order valence-corrected chi connectivity index (χ3v) is 5.44. The van der Waals surface area contributed by atoms with Crippen molar-refractivity contribution in [2.75, 3.05) is 5.75 Å². The summed E-state index contributed by atoms with van der Waals surface area (Å²) in [5, 5.41) is 9.95. The van der Waals surface area contributed by atoms with Crippen molar-refractivity contribution in [2.24, 2.45) is 0 Å². The summed E-state index contributed by atoms with van der Waals surface area (Å²) in [5.74, 6) is 1.24. The van der Waals surface area contributed by atoms with E-state index in [9.17, 15) is 4.79 Å². The molecule has 0 saturated carbocycles. The Morgan fingerprint density at radius 2 is 2.19 bits per heavy atom. The average Bonchev–Trinajstić information content (AvgIpc) is 3.17. The second kappa shape index (κ2) is 5.93. The van der Waals surface area contributed by atoms with E-state index in [-0.39, 0.29) is 10.7 Å². The van der Waals surface area contributed by atoms with Gasteiger partial charge in [0.25, 0.3) is 0 Å². The summed E-state index contributed by atoms with van der Waals surface area (Å²) in [4.78, 5) is 12.2. The summed E-state index contributed by atoms with van der Waals surface area (Å²) >= 11 is 1.77. The van der Waals surface area contributed by atoms with Crippen LogP contribution in [0, 0.1) is 0 Å². The van der Waals surface area contributed by atoms with Gasteiger partial charge in [0.1, 0.15) is 0 Å². The summed E-state index contributed by atoms with van der Waals surface area (Å²) < 4.78 is -0.240. The van der Waals surface area contributed by atoms with Gasteiger partial charge in [-0.3, -0.25) is 9.89 Å². The lowest BCUT2D eigenvalue weighted by Crippen LogP contribution is -2.39. The number of thioether (sulfide) groups is 1. The lowest BCUT2D eigenvalue weighted by atomic mass is 10.0. The second-order valence-electron chi connectivity index (χ2n) is 5.53. The average molecular weight is 301 g/mol. The fraction of sp³-hybridized carbons (Fsp3) is 0.375. The monoisotopic (exact) mass is 301 g/mol. The molecule has 1 atom stereocenters. The first-order valence-corrected chi connectivity index (χ1v) is 8.17. The smallest absolute Gasteiger partial charge is 0.236 e. The first-order valence-electron chi connectivity index (χ1n) is 7.18. The van der Waals surface area contributed by atoms with E-state index in [0.29, 0.717) is 6.54 Å². The highest BCUT2D eigenvalue weighted by molar-refractivity contribution is 8.01. The number of rotatable bonds is 4. The Bertz CT molecular complexity index is 601. The van der Waals surface area contributed by atoms with Crippen LogP contribution in [0.4, 0.5) is 0 Å². The predicted molar refractivity (Wildman–Crippen MR) is 86.0 cm³/mol. The normalized spacial score (nSPS) is 21.4. The maximum atomic E-state index is 12.2. The van der Waals surface area contributed by atoms with Gasteiger partial charge < -0.3 is 5.32 Å². The van der Waals surface area contributed by atoms with Gasteiger partial charge in [0.15, 0.2) is 0 Å². The van der Waals surface area contributed by atoms with Gasteiger partial charge >= 0.3 is 0 Å². The molecule has 2 N–H and O–H groups in total. The van der Waals surface area contributed by atoms with Gasteiger partial charge in [-0.15, -0.1) is 11.8 Å². The molecule has 0 bridgehead atoms. The van der Waals surface area contributed by atoms with E-state index < -0.39 is 0 Å². The molecule has 1 aromatic heterocycles. The number of H-pyrrole nitrogens is 1. The molecule has 1 aromatic carbocycles. The van der Waals surface area contributed by atoms with Gasteiger partial charge in [-0.1, -0.05) is 24.3 Å². The molecule has 1 unspecified atom stereocenters. The topological polar surface area (TPSA) is 57.8 Å². The van der Waals surface area contributed by atoms with Crippen molar-refractivity contribution < 1.29 is 4.79 Å². The third kappa shape index (κ3) is 3.13. The number of nitrogens with zero attached hydrogens (tertiary/aromatic N) is 1. The van der Waals surface area contributed by atoms with Crippen LogP contribution in [0.2, 0.25) is 0 Å². The van der Waals surface area contributed by atoms with Crippen LogP contribution in [0.15, 0.2) is 36.5 Å². The van der Waals surface area contributed by atoms with Crippen molar-refractivity contribution in [3.8, 4) is 11.3 Å². The SMILES string of the molecule is CC1(C(=O)NCc2ccc(-c3ccn[nH]3)cc2)CCCS1. The van der Waals surface area contributed by atoms with E-state index >= 15 is 0 Å². The Morgan fingerprint density at radius 1 is 1.38 bits per heavy atom. The number of hydrogen-bond donors (Lipinski definition) is 2. The van der Waals surface area contributed by atoms with E-state index in [1.807, 2.05) is 37.3 Å². The quantitative estimate of drug-likeness (QED) is 0.913. The van der Waals surface area contributed by atoms with Crippen LogP contribution in [0.3, 0.4) is 0 Å². The summed E-state index contributed by atoms with van der Waals surface area (Å²) in [7, 11) is 0. The van der Waals surface area contributed by atoms with E-state index in [1.165, 1.54) is 0 Å². The zero-order valence-electron chi connectivity index (χ0n) is 12.1. The third-order valence-electron chi connectivity index (χ3n) is 3.92. The van der Waals surface area contributed by atoms with E-state index in [4.69, 9.17) is 0 Å². The van der Waals surface area contributed by atoms with Gasteiger partial charge in [-0.2, -0.15) is 5.10 Å². The summed E-state index contributed by atoms with van der Waals surface area (Å²) in [6.45, 7) is 2.62. The number of benzene rings is 1. The van der Waals surface area contributed by atoms with Gasteiger partial charge in [0.05, 0.1) is 10.4 Å². The first kappa shape index (κ1) is 14.2. The minimum atomic E-state index is -0.240. The predicted octanol–water partition coefficient (Wildman–Crippen LogP) is 2.98. The highest BCUT2D eigenvalue weighted by Gasteiger charge is 2.36. The van der Waals surface area contributed by atoms with Crippen molar-refractivity contribution in [3.63, 3.8) is 0 Å². The standard InChI is InChI=1S/C16H19N3OS/c1-16(8-2-10-21-16)15(20)17-11-12-3-5-13(6-4-12)14-7-9-18-19-14/h3-7,9H,2,8,10-11H2,1H3,(H,17,20)(H,18,19). The van der Waals surface area contributed by atoms with Crippen LogP contribution in [0.1, 0.15) is 25.3 Å². The highest BCUT2D eigenvalue weighted by atomic mass is 32.2. The van der Waals surface area contributed by atoms with Crippen molar-refractivity contribution in [1.82, 2.24) is 15.5 Å². The molecule has 2 heterocycles. The van der Waals surface area contributed by atoms with E-state index in [1.54, 1.807) is 18.0 Å². The Kier molecular flexibility index (Phi) is 4.01. The molecule has 5 heteroatoms. The summed E-state index contributed by atoms with van der Waals surface area (Å²) in [6.07, 6.45) is 3.85. The molecule has 1 amide bonds. The molecule has 21 heavy (non-hydrogen) atoms. The number of aromatic amines is 1. The molecule has 1 aliphatic heterocycles. The molecule has 1 fully saturated rings. The van der Waals surface area contributed by atoms with Crippen LogP contribution in [0.25, 0.3) is 11.3 Å². The molecule has 110 valence electrons. The number of carbonyl (C=O) groups is 1. The lowest BCUT2D eigenvalue weighted by Gasteiger charge is -2.21. The molecule has 1 saturated heterocycles. The maximum Gasteiger partial charge on any atom is 0.236 e. The first-order chi connectivity index (χ1) is 10.2. The van der Waals surface area contributed by atoms with E-state index in [2.05, 4.69) is 15.5 Å². The molecule has 0 aliphatic carbocycles. The Balaban J connectivity index is 1.60. The van der Waals surface area contributed by atoms with Crippen molar-refractivity contribution in [3.05, 3.63) is 42.1 Å². The number of hydrogen-bond acceptors (Lipinski definition) is 3. The number of amides is 1. The molecular weight excluding hydrogens is 282 g/mol. The number of nitrogens with one attached hydrogen (secondary N) is 2. The zero-order valence-corrected chi connectivity index (χ0v) is 12.9. The molecule has 0 spiro atoms. The van der Waals surface area contributed by atoms with Crippen LogP contribution < -0.4 is 5.32 Å². The lowest BCUT2D eigenvalue weighted by molar-refractivity contribution is -0.123. The minimum absolute atomic E-state index is 0.155. The van der Waals surface area contributed by atoms with Crippen LogP contribution in [-0.4, -0.2) is 26.6 Å². The van der Waals surface area contributed by atoms with Gasteiger partial charge in [0, 0.05) is 12.7 Å². The van der Waals surface area contributed by atoms with Gasteiger partial charge in [-0.25, -0.2) is 0 Å². The molecular formula is C16H19N3OS. The number of aromatic nitrogens is 2. The highest BCUT2D eigenvalue weighted by Crippen LogP contribution is 2.37. The van der Waals surface area contributed by atoms with Crippen LogP contribution >= 0.6 is 11.8 Å². The molecule has 1 aliphatic rings. The van der Waals surface area contributed by atoms with Gasteiger partial charge in [-0.05, 0) is 42.7 Å². The fourth-order valence-corrected chi connectivity index (χ4v) is 3.78.